The Kier molecular flexibility index (Phi) is 5.27. The zero-order chi connectivity index (χ0) is 19.5. The molecule has 0 N–H and O–H groups in total. The molecule has 3 aromatic rings. The van der Waals surface area contributed by atoms with Gasteiger partial charge in [0, 0.05) is 31.8 Å². The van der Waals surface area contributed by atoms with Crippen LogP contribution in [0, 0.1) is 5.82 Å². The fourth-order valence-electron chi connectivity index (χ4n) is 3.32. The van der Waals surface area contributed by atoms with E-state index in [9.17, 15) is 13.2 Å². The summed E-state index contributed by atoms with van der Waals surface area (Å²) >= 11 is 0. The molecule has 1 fully saturated rings. The Hall–Kier alpha value is -2.90. The minimum Gasteiger partial charge on any atom is -0.356 e. The predicted octanol–water partition coefficient (Wildman–Crippen LogP) is 4.32. The Morgan fingerprint density at radius 1 is 0.964 bits per heavy atom. The molecular weight excluding hydrogens is 367 g/mol. The monoisotopic (exact) mass is 387 g/mol. The van der Waals surface area contributed by atoms with Gasteiger partial charge in [-0.15, -0.1) is 0 Å². The van der Waals surface area contributed by atoms with E-state index < -0.39 is 6.43 Å². The van der Waals surface area contributed by atoms with Crippen molar-refractivity contribution in [1.29, 1.82) is 0 Å². The van der Waals surface area contributed by atoms with E-state index >= 15 is 0 Å². The number of hydrogen-bond donors (Lipinski definition) is 0. The predicted molar refractivity (Wildman–Crippen MR) is 99.4 cm³/mol. The van der Waals surface area contributed by atoms with E-state index in [0.29, 0.717) is 6.42 Å². The van der Waals surface area contributed by atoms with Crippen molar-refractivity contribution in [2.24, 2.45) is 0 Å². The van der Waals surface area contributed by atoms with Gasteiger partial charge >= 0.3 is 0 Å². The van der Waals surface area contributed by atoms with Crippen LogP contribution in [0.3, 0.4) is 0 Å². The first-order chi connectivity index (χ1) is 13.6. The molecule has 0 bridgehead atoms. The van der Waals surface area contributed by atoms with Crippen LogP contribution in [0.5, 0.6) is 0 Å². The number of rotatable bonds is 5. The minimum absolute atomic E-state index is 0.257. The Bertz CT molecular complexity index is 933. The lowest BCUT2D eigenvalue weighted by Gasteiger charge is -2.28. The molecule has 4 rings (SSSR count). The summed E-state index contributed by atoms with van der Waals surface area (Å²) in [6.45, 7) is 1.79. The number of hydrogen-bond acceptors (Lipinski definition) is 4. The number of aromatic nitrogens is 4. The van der Waals surface area contributed by atoms with Crippen LogP contribution in [0.25, 0.3) is 5.95 Å². The fraction of sp³-hybridized carbons (Fsp3) is 0.350. The Labute approximate surface area is 160 Å². The van der Waals surface area contributed by atoms with Gasteiger partial charge in [0.15, 0.2) is 0 Å². The van der Waals surface area contributed by atoms with Crippen molar-refractivity contribution in [1.82, 2.24) is 19.7 Å². The van der Waals surface area contributed by atoms with Crippen LogP contribution in [0.15, 0.2) is 42.6 Å². The van der Waals surface area contributed by atoms with Crippen LogP contribution >= 0.6 is 0 Å². The first kappa shape index (κ1) is 18.5. The summed E-state index contributed by atoms with van der Waals surface area (Å²) in [5.41, 5.74) is 1.32. The number of nitrogens with zero attached hydrogens (tertiary/aromatic N) is 5. The van der Waals surface area contributed by atoms with Gasteiger partial charge in [0.2, 0.25) is 0 Å². The molecule has 0 saturated carbocycles. The van der Waals surface area contributed by atoms with Gasteiger partial charge in [-0.05, 0) is 43.0 Å². The molecule has 5 nitrogen and oxygen atoms in total. The van der Waals surface area contributed by atoms with Gasteiger partial charge < -0.3 is 4.90 Å². The molecule has 3 heterocycles. The largest absolute Gasteiger partial charge is 0.356 e. The zero-order valence-electron chi connectivity index (χ0n) is 15.2. The summed E-state index contributed by atoms with van der Waals surface area (Å²) in [7, 11) is 0. The molecular formula is C20H20F3N5. The summed E-state index contributed by atoms with van der Waals surface area (Å²) in [4.78, 5) is 11.3. The highest BCUT2D eigenvalue weighted by Gasteiger charge is 2.17. The smallest absolute Gasteiger partial charge is 0.282 e. The summed E-state index contributed by atoms with van der Waals surface area (Å²) in [5, 5.41) is 3.90. The molecule has 0 unspecified atom stereocenters. The SMILES string of the molecule is Fc1ccc(Cc2cc(N3CCCCC3)nc(-n3ccc(C(F)F)n3)n2)cc1. The van der Waals surface area contributed by atoms with Crippen molar-refractivity contribution >= 4 is 5.82 Å². The van der Waals surface area contributed by atoms with Crippen molar-refractivity contribution in [3.63, 3.8) is 0 Å². The van der Waals surface area contributed by atoms with E-state index in [-0.39, 0.29) is 17.5 Å². The molecule has 1 aliphatic rings. The van der Waals surface area contributed by atoms with Crippen LogP contribution in [0.4, 0.5) is 19.0 Å². The van der Waals surface area contributed by atoms with Crippen LogP contribution in [-0.4, -0.2) is 32.8 Å². The number of piperidine rings is 1. The summed E-state index contributed by atoms with van der Waals surface area (Å²) in [6.07, 6.45) is 2.64. The summed E-state index contributed by atoms with van der Waals surface area (Å²) in [5.74, 6) is 0.722. The number of benzene rings is 1. The van der Waals surface area contributed by atoms with Gasteiger partial charge in [-0.25, -0.2) is 22.8 Å². The van der Waals surface area contributed by atoms with Crippen molar-refractivity contribution in [2.75, 3.05) is 18.0 Å². The van der Waals surface area contributed by atoms with Crippen LogP contribution in [0.2, 0.25) is 0 Å². The first-order valence-electron chi connectivity index (χ1n) is 9.30. The molecule has 1 aliphatic heterocycles. The molecule has 8 heteroatoms. The highest BCUT2D eigenvalue weighted by atomic mass is 19.3. The van der Waals surface area contributed by atoms with Crippen LogP contribution in [-0.2, 0) is 6.42 Å². The second-order valence-electron chi connectivity index (χ2n) is 6.85. The lowest BCUT2D eigenvalue weighted by molar-refractivity contribution is 0.145. The second-order valence-corrected chi connectivity index (χ2v) is 6.85. The molecule has 146 valence electrons. The molecule has 2 aromatic heterocycles. The van der Waals surface area contributed by atoms with Gasteiger partial charge in [0.05, 0.1) is 5.69 Å². The lowest BCUT2D eigenvalue weighted by atomic mass is 10.1. The van der Waals surface area contributed by atoms with E-state index in [1.165, 1.54) is 35.5 Å². The van der Waals surface area contributed by atoms with E-state index in [4.69, 9.17) is 0 Å². The summed E-state index contributed by atoms with van der Waals surface area (Å²) in [6, 6.07) is 9.41. The molecule has 0 amide bonds. The zero-order valence-corrected chi connectivity index (χ0v) is 15.2. The maximum absolute atomic E-state index is 13.2. The number of alkyl halides is 2. The maximum Gasteiger partial charge on any atom is 0.282 e. The molecule has 28 heavy (non-hydrogen) atoms. The quantitative estimate of drug-likeness (QED) is 0.654. The van der Waals surface area contributed by atoms with Gasteiger partial charge in [0.25, 0.3) is 12.4 Å². The molecule has 0 spiro atoms. The Morgan fingerprint density at radius 2 is 1.71 bits per heavy atom. The minimum atomic E-state index is -2.65. The van der Waals surface area contributed by atoms with Crippen molar-refractivity contribution < 1.29 is 13.2 Å². The average Bonchev–Trinajstić information content (AvgIpc) is 3.21. The lowest BCUT2D eigenvalue weighted by Crippen LogP contribution is -2.30. The number of halogens is 3. The maximum atomic E-state index is 13.2. The number of anilines is 1. The standard InChI is InChI=1S/C20H20F3N5/c21-15-6-4-14(5-7-15)12-16-13-18(27-9-2-1-3-10-27)25-20(24-16)28-11-8-17(26-28)19(22)23/h4-8,11,13,19H,1-3,9-10,12H2. The molecule has 0 atom stereocenters. The van der Waals surface area contributed by atoms with E-state index in [0.717, 1.165) is 43.0 Å². The topological polar surface area (TPSA) is 46.8 Å². The highest BCUT2D eigenvalue weighted by Crippen LogP contribution is 2.22. The van der Waals surface area contributed by atoms with Gasteiger partial charge in [-0.1, -0.05) is 12.1 Å². The third-order valence-electron chi connectivity index (χ3n) is 4.77. The highest BCUT2D eigenvalue weighted by molar-refractivity contribution is 5.43. The van der Waals surface area contributed by atoms with Crippen LogP contribution < -0.4 is 4.90 Å². The average molecular weight is 387 g/mol. The Morgan fingerprint density at radius 3 is 2.39 bits per heavy atom. The van der Waals surface area contributed by atoms with Gasteiger partial charge in [-0.2, -0.15) is 10.1 Å². The summed E-state index contributed by atoms with van der Waals surface area (Å²) < 4.78 is 40.3. The molecule has 1 saturated heterocycles. The molecule has 1 aromatic carbocycles. The second kappa shape index (κ2) is 8.00. The molecule has 0 radical (unpaired) electrons. The first-order valence-corrected chi connectivity index (χ1v) is 9.30. The van der Waals surface area contributed by atoms with E-state index in [2.05, 4.69) is 20.0 Å². The molecule has 0 aliphatic carbocycles. The van der Waals surface area contributed by atoms with E-state index in [1.807, 2.05) is 6.07 Å². The third kappa shape index (κ3) is 4.16. The van der Waals surface area contributed by atoms with Crippen LogP contribution in [0.1, 0.15) is 42.6 Å². The normalized spacial score (nSPS) is 14.6. The van der Waals surface area contributed by atoms with Gasteiger partial charge in [0.1, 0.15) is 17.3 Å². The van der Waals surface area contributed by atoms with E-state index in [1.54, 1.807) is 12.1 Å². The third-order valence-corrected chi connectivity index (χ3v) is 4.77. The van der Waals surface area contributed by atoms with Gasteiger partial charge in [-0.3, -0.25) is 0 Å². The van der Waals surface area contributed by atoms with Crippen molar-refractivity contribution in [3.05, 3.63) is 65.4 Å². The van der Waals surface area contributed by atoms with Crippen molar-refractivity contribution in [3.8, 4) is 5.95 Å². The fourth-order valence-corrected chi connectivity index (χ4v) is 3.32. The Balaban J connectivity index is 1.70. The van der Waals surface area contributed by atoms with Crippen molar-refractivity contribution in [2.45, 2.75) is 32.1 Å².